The van der Waals surface area contributed by atoms with Gasteiger partial charge in [0.25, 0.3) is 0 Å². The average molecular weight is 244 g/mol. The molecule has 17 heavy (non-hydrogen) atoms. The molecule has 1 heterocycles. The zero-order chi connectivity index (χ0) is 12.7. The van der Waals surface area contributed by atoms with E-state index in [4.69, 9.17) is 5.11 Å². The minimum Gasteiger partial charge on any atom is -0.396 e. The summed E-state index contributed by atoms with van der Waals surface area (Å²) in [6.45, 7) is 3.76. The van der Waals surface area contributed by atoms with E-state index in [1.165, 1.54) is 32.4 Å². The molecule has 2 N–H and O–H groups in total. The van der Waals surface area contributed by atoms with E-state index in [1.54, 1.807) is 0 Å². The van der Waals surface area contributed by atoms with Crippen LogP contribution in [0.3, 0.4) is 0 Å². The molecule has 0 aromatic carbocycles. The summed E-state index contributed by atoms with van der Waals surface area (Å²) < 4.78 is 0. The molecule has 1 rings (SSSR count). The van der Waals surface area contributed by atoms with Crippen LogP contribution in [-0.2, 0) is 0 Å². The van der Waals surface area contributed by atoms with Gasteiger partial charge in [0.2, 0.25) is 0 Å². The van der Waals surface area contributed by atoms with Crippen molar-refractivity contribution in [2.45, 2.75) is 31.7 Å². The first-order valence-corrected chi connectivity index (χ1v) is 6.78. The normalized spacial score (nSPS) is 21.0. The van der Waals surface area contributed by atoms with Gasteiger partial charge in [-0.2, -0.15) is 0 Å². The van der Waals surface area contributed by atoms with Gasteiger partial charge >= 0.3 is 0 Å². The summed E-state index contributed by atoms with van der Waals surface area (Å²) in [5.41, 5.74) is 0. The van der Waals surface area contributed by atoms with Gasteiger partial charge in [0, 0.05) is 12.6 Å². The van der Waals surface area contributed by atoms with Crippen LogP contribution in [0.1, 0.15) is 25.7 Å². The minimum atomic E-state index is 0.117. The Bertz CT molecular complexity index is 194. The van der Waals surface area contributed by atoms with Crippen LogP contribution in [0.4, 0.5) is 0 Å². The second kappa shape index (κ2) is 8.03. The Balaban J connectivity index is 2.20. The van der Waals surface area contributed by atoms with Gasteiger partial charge < -0.3 is 20.0 Å². The molecule has 0 saturated carbocycles. The van der Waals surface area contributed by atoms with Crippen LogP contribution in [0.15, 0.2) is 0 Å². The Morgan fingerprint density at radius 2 is 1.94 bits per heavy atom. The maximum Gasteiger partial charge on any atom is 0.0587 e. The van der Waals surface area contributed by atoms with Crippen LogP contribution < -0.4 is 0 Å². The maximum absolute atomic E-state index is 9.24. The van der Waals surface area contributed by atoms with Crippen molar-refractivity contribution >= 4 is 0 Å². The molecular formula is C13H28N2O2. The molecule has 0 aromatic rings. The lowest BCUT2D eigenvalue weighted by molar-refractivity contribution is 0.109. The summed E-state index contributed by atoms with van der Waals surface area (Å²) in [4.78, 5) is 4.58. The lowest BCUT2D eigenvalue weighted by Crippen LogP contribution is -2.38. The maximum atomic E-state index is 9.24. The van der Waals surface area contributed by atoms with E-state index in [0.717, 1.165) is 12.5 Å². The van der Waals surface area contributed by atoms with Gasteiger partial charge in [-0.15, -0.1) is 0 Å². The second-order valence-electron chi connectivity index (χ2n) is 5.36. The summed E-state index contributed by atoms with van der Waals surface area (Å²) in [5, 5.41) is 18.2. The van der Waals surface area contributed by atoms with E-state index >= 15 is 0 Å². The van der Waals surface area contributed by atoms with Gasteiger partial charge in [-0.3, -0.25) is 0 Å². The summed E-state index contributed by atoms with van der Waals surface area (Å²) >= 11 is 0. The topological polar surface area (TPSA) is 46.9 Å². The van der Waals surface area contributed by atoms with E-state index in [2.05, 4.69) is 16.8 Å². The lowest BCUT2D eigenvalue weighted by Gasteiger charge is -2.32. The van der Waals surface area contributed by atoms with Crippen molar-refractivity contribution in [2.24, 2.45) is 5.92 Å². The van der Waals surface area contributed by atoms with Crippen LogP contribution in [0.2, 0.25) is 0 Å². The number of hydrogen-bond acceptors (Lipinski definition) is 4. The van der Waals surface area contributed by atoms with E-state index < -0.39 is 0 Å². The van der Waals surface area contributed by atoms with Crippen molar-refractivity contribution in [1.29, 1.82) is 0 Å². The van der Waals surface area contributed by atoms with E-state index in [-0.39, 0.29) is 19.3 Å². The van der Waals surface area contributed by atoms with Crippen molar-refractivity contribution < 1.29 is 10.2 Å². The number of aliphatic hydroxyl groups excluding tert-OH is 2. The van der Waals surface area contributed by atoms with Gasteiger partial charge in [0.05, 0.1) is 6.61 Å². The highest BCUT2D eigenvalue weighted by atomic mass is 16.3. The minimum absolute atomic E-state index is 0.117. The quantitative estimate of drug-likeness (QED) is 0.680. The molecule has 0 radical (unpaired) electrons. The van der Waals surface area contributed by atoms with Crippen molar-refractivity contribution in [3.63, 3.8) is 0 Å². The highest BCUT2D eigenvalue weighted by Gasteiger charge is 2.19. The Hall–Kier alpha value is -0.160. The number of aliphatic hydroxyl groups is 2. The number of hydrogen-bond donors (Lipinski definition) is 2. The van der Waals surface area contributed by atoms with Crippen LogP contribution in [0, 0.1) is 5.92 Å². The van der Waals surface area contributed by atoms with Crippen LogP contribution >= 0.6 is 0 Å². The zero-order valence-corrected chi connectivity index (χ0v) is 11.3. The van der Waals surface area contributed by atoms with Crippen molar-refractivity contribution in [3.05, 3.63) is 0 Å². The first-order chi connectivity index (χ1) is 8.17. The van der Waals surface area contributed by atoms with Gasteiger partial charge in [0.15, 0.2) is 0 Å². The smallest absolute Gasteiger partial charge is 0.0587 e. The van der Waals surface area contributed by atoms with E-state index in [0.29, 0.717) is 6.42 Å². The van der Waals surface area contributed by atoms with E-state index in [1.807, 2.05) is 7.05 Å². The number of likely N-dealkylation sites (N-methyl/N-ethyl adjacent to an activating group) is 1. The predicted octanol–water partition coefficient (Wildman–Crippen LogP) is 0.393. The molecule has 4 heteroatoms. The second-order valence-corrected chi connectivity index (χ2v) is 5.36. The number of nitrogens with zero attached hydrogens (tertiary/aromatic N) is 2. The lowest BCUT2D eigenvalue weighted by atomic mass is 9.93. The molecular weight excluding hydrogens is 216 g/mol. The molecule has 1 saturated heterocycles. The summed E-state index contributed by atoms with van der Waals surface area (Å²) in [6.07, 6.45) is 4.48. The van der Waals surface area contributed by atoms with Gasteiger partial charge in [-0.25, -0.2) is 0 Å². The Morgan fingerprint density at radius 1 is 1.29 bits per heavy atom. The summed E-state index contributed by atoms with van der Waals surface area (Å²) in [6, 6.07) is 0.117. The number of rotatable bonds is 7. The van der Waals surface area contributed by atoms with Crippen molar-refractivity contribution in [3.8, 4) is 0 Å². The predicted molar refractivity (Wildman–Crippen MR) is 70.0 cm³/mol. The number of piperidine rings is 1. The van der Waals surface area contributed by atoms with E-state index in [9.17, 15) is 5.11 Å². The molecule has 1 fully saturated rings. The molecule has 102 valence electrons. The van der Waals surface area contributed by atoms with Crippen molar-refractivity contribution in [1.82, 2.24) is 9.80 Å². The highest BCUT2D eigenvalue weighted by molar-refractivity contribution is 4.73. The molecule has 1 aliphatic heterocycles. The molecule has 0 aromatic heterocycles. The van der Waals surface area contributed by atoms with Gasteiger partial charge in [-0.1, -0.05) is 0 Å². The third kappa shape index (κ3) is 5.34. The standard InChI is InChI=1S/C13H28N2O2/c1-14-7-3-12(4-8-14)5-9-15(2)13(11-17)6-10-16/h12-13,16-17H,3-11H2,1-2H3. The molecule has 4 nitrogen and oxygen atoms in total. The van der Waals surface area contributed by atoms with Gasteiger partial charge in [-0.05, 0) is 65.3 Å². The van der Waals surface area contributed by atoms with Crippen LogP contribution in [-0.4, -0.2) is 73.0 Å². The molecule has 0 spiro atoms. The summed E-state index contributed by atoms with van der Waals surface area (Å²) in [5.74, 6) is 0.835. The van der Waals surface area contributed by atoms with Crippen LogP contribution in [0.25, 0.3) is 0 Å². The molecule has 0 amide bonds. The molecule has 1 unspecified atom stereocenters. The number of likely N-dealkylation sites (tertiary alicyclic amines) is 1. The SMILES string of the molecule is CN1CCC(CCN(C)C(CO)CCO)CC1. The monoisotopic (exact) mass is 244 g/mol. The molecule has 0 aliphatic carbocycles. The Labute approximate surface area is 105 Å². The van der Waals surface area contributed by atoms with Gasteiger partial charge in [0.1, 0.15) is 0 Å². The molecule has 1 aliphatic rings. The average Bonchev–Trinajstić information content (AvgIpc) is 2.35. The Kier molecular flexibility index (Phi) is 7.04. The fraction of sp³-hybridized carbons (Fsp3) is 1.00. The zero-order valence-electron chi connectivity index (χ0n) is 11.3. The third-order valence-corrected chi connectivity index (χ3v) is 4.02. The fourth-order valence-corrected chi connectivity index (χ4v) is 2.52. The van der Waals surface area contributed by atoms with Crippen LogP contribution in [0.5, 0.6) is 0 Å². The van der Waals surface area contributed by atoms with Crippen molar-refractivity contribution in [2.75, 3.05) is 46.9 Å². The molecule has 1 atom stereocenters. The largest absolute Gasteiger partial charge is 0.396 e. The molecule has 0 bridgehead atoms. The Morgan fingerprint density at radius 3 is 2.47 bits per heavy atom. The summed E-state index contributed by atoms with van der Waals surface area (Å²) in [7, 11) is 4.23. The first kappa shape index (κ1) is 14.9. The third-order valence-electron chi connectivity index (χ3n) is 4.02. The highest BCUT2D eigenvalue weighted by Crippen LogP contribution is 2.20. The fourth-order valence-electron chi connectivity index (χ4n) is 2.52. The first-order valence-electron chi connectivity index (χ1n) is 6.78.